The van der Waals surface area contributed by atoms with E-state index in [1.54, 1.807) is 14.2 Å². The molecule has 0 amide bonds. The lowest BCUT2D eigenvalue weighted by Crippen LogP contribution is -2.32. The van der Waals surface area contributed by atoms with Gasteiger partial charge in [-0.3, -0.25) is 4.79 Å². The van der Waals surface area contributed by atoms with Crippen molar-refractivity contribution in [2.24, 2.45) is 5.41 Å². The molecule has 0 spiro atoms. The maximum Gasteiger partial charge on any atom is 0.164 e. The molecule has 130 valence electrons. The normalized spacial score (nSPS) is 28.1. The standard InChI is InChI=1S/C20H26O4/c1-20(17(21)9-10-18(20)22)12-11-13-5-4-6-15-14(13)7-8-16(23-2)19(15)24-3/h7-8,11,17,21H,4-6,9-10,12H2,1-3H3/t17-,20-/m0/s1. The number of hydrogen-bond donors (Lipinski definition) is 1. The number of hydrogen-bond acceptors (Lipinski definition) is 4. The molecule has 3 rings (SSSR count). The van der Waals surface area contributed by atoms with E-state index >= 15 is 0 Å². The van der Waals surface area contributed by atoms with E-state index in [1.807, 2.05) is 13.0 Å². The quantitative estimate of drug-likeness (QED) is 0.917. The fourth-order valence-corrected chi connectivity index (χ4v) is 3.99. The third-order valence-corrected chi connectivity index (χ3v) is 5.66. The number of allylic oxidation sites excluding steroid dienone is 2. The van der Waals surface area contributed by atoms with Crippen molar-refractivity contribution in [1.82, 2.24) is 0 Å². The molecule has 0 saturated heterocycles. The summed E-state index contributed by atoms with van der Waals surface area (Å²) in [5.74, 6) is 1.74. The number of ketones is 1. The molecule has 1 N–H and O–H groups in total. The fraction of sp³-hybridized carbons (Fsp3) is 0.550. The third-order valence-electron chi connectivity index (χ3n) is 5.66. The minimum Gasteiger partial charge on any atom is -0.493 e. The summed E-state index contributed by atoms with van der Waals surface area (Å²) in [7, 11) is 3.32. The van der Waals surface area contributed by atoms with Crippen molar-refractivity contribution in [2.75, 3.05) is 14.2 Å². The Morgan fingerprint density at radius 3 is 2.67 bits per heavy atom. The summed E-state index contributed by atoms with van der Waals surface area (Å²) in [6, 6.07) is 4.02. The monoisotopic (exact) mass is 330 g/mol. The van der Waals surface area contributed by atoms with Crippen LogP contribution in [0.4, 0.5) is 0 Å². The van der Waals surface area contributed by atoms with Crippen molar-refractivity contribution in [2.45, 2.75) is 51.6 Å². The van der Waals surface area contributed by atoms with Crippen molar-refractivity contribution in [3.8, 4) is 11.5 Å². The number of aliphatic hydroxyl groups excluding tert-OH is 1. The van der Waals surface area contributed by atoms with Gasteiger partial charge in [-0.25, -0.2) is 0 Å². The first-order valence-corrected chi connectivity index (χ1v) is 8.66. The first-order valence-electron chi connectivity index (χ1n) is 8.66. The van der Waals surface area contributed by atoms with Crippen LogP contribution in [0.1, 0.15) is 50.2 Å². The Kier molecular flexibility index (Phi) is 4.68. The lowest BCUT2D eigenvalue weighted by Gasteiger charge is -2.27. The van der Waals surface area contributed by atoms with E-state index < -0.39 is 11.5 Å². The molecular formula is C20H26O4. The van der Waals surface area contributed by atoms with E-state index in [2.05, 4.69) is 12.1 Å². The predicted molar refractivity (Wildman–Crippen MR) is 93.4 cm³/mol. The summed E-state index contributed by atoms with van der Waals surface area (Å²) in [4.78, 5) is 12.2. The van der Waals surface area contributed by atoms with Crippen LogP contribution in [0.5, 0.6) is 11.5 Å². The summed E-state index contributed by atoms with van der Waals surface area (Å²) in [6.07, 6.45) is 6.29. The van der Waals surface area contributed by atoms with Gasteiger partial charge in [-0.1, -0.05) is 12.1 Å². The van der Waals surface area contributed by atoms with Gasteiger partial charge < -0.3 is 14.6 Å². The number of Topliss-reactive ketones (excluding diaryl/α,β-unsaturated/α-hetero) is 1. The van der Waals surface area contributed by atoms with E-state index in [-0.39, 0.29) is 5.78 Å². The molecule has 4 heteroatoms. The van der Waals surface area contributed by atoms with Crippen LogP contribution in [-0.2, 0) is 11.2 Å². The van der Waals surface area contributed by atoms with Crippen LogP contribution in [0.3, 0.4) is 0 Å². The van der Waals surface area contributed by atoms with E-state index in [1.165, 1.54) is 16.7 Å². The van der Waals surface area contributed by atoms with Crippen molar-refractivity contribution in [1.29, 1.82) is 0 Å². The van der Waals surface area contributed by atoms with Gasteiger partial charge in [0.1, 0.15) is 5.78 Å². The number of aliphatic hydroxyl groups is 1. The minimum atomic E-state index is -0.638. The van der Waals surface area contributed by atoms with Gasteiger partial charge in [0, 0.05) is 12.0 Å². The molecule has 0 bridgehead atoms. The molecule has 1 saturated carbocycles. The number of fused-ring (bicyclic) bond motifs is 1. The van der Waals surface area contributed by atoms with Gasteiger partial charge >= 0.3 is 0 Å². The van der Waals surface area contributed by atoms with Crippen LogP contribution in [-0.4, -0.2) is 31.2 Å². The molecule has 2 aliphatic rings. The molecule has 0 aromatic heterocycles. The Balaban J connectivity index is 1.94. The molecule has 0 heterocycles. The molecular weight excluding hydrogens is 304 g/mol. The van der Waals surface area contributed by atoms with Crippen LogP contribution < -0.4 is 9.47 Å². The highest BCUT2D eigenvalue weighted by molar-refractivity contribution is 5.88. The Labute approximate surface area is 143 Å². The van der Waals surface area contributed by atoms with Crippen molar-refractivity contribution in [3.05, 3.63) is 29.3 Å². The second-order valence-electron chi connectivity index (χ2n) is 7.01. The SMILES string of the molecule is COc1ccc2c(c1OC)CCCC2=CC[C@]1(C)C(=O)CC[C@@H]1O. The molecule has 1 aromatic carbocycles. The molecule has 0 aliphatic heterocycles. The highest BCUT2D eigenvalue weighted by Crippen LogP contribution is 2.43. The number of carbonyl (C=O) groups excluding carboxylic acids is 1. The topological polar surface area (TPSA) is 55.8 Å². The molecule has 24 heavy (non-hydrogen) atoms. The zero-order chi connectivity index (χ0) is 17.3. The summed E-state index contributed by atoms with van der Waals surface area (Å²) in [5.41, 5.74) is 2.96. The molecule has 4 nitrogen and oxygen atoms in total. The van der Waals surface area contributed by atoms with Crippen LogP contribution >= 0.6 is 0 Å². The van der Waals surface area contributed by atoms with Crippen LogP contribution in [0.15, 0.2) is 18.2 Å². The molecule has 1 fully saturated rings. The Morgan fingerprint density at radius 2 is 2.04 bits per heavy atom. The van der Waals surface area contributed by atoms with Gasteiger partial charge in [0.15, 0.2) is 11.5 Å². The number of benzene rings is 1. The van der Waals surface area contributed by atoms with Gasteiger partial charge in [0.05, 0.1) is 25.7 Å². The summed E-state index contributed by atoms with van der Waals surface area (Å²) in [6.45, 7) is 1.89. The maximum atomic E-state index is 12.2. The molecule has 0 radical (unpaired) electrons. The van der Waals surface area contributed by atoms with Crippen LogP contribution in [0.2, 0.25) is 0 Å². The highest BCUT2D eigenvalue weighted by Gasteiger charge is 2.44. The van der Waals surface area contributed by atoms with E-state index in [0.29, 0.717) is 19.3 Å². The second kappa shape index (κ2) is 6.60. The van der Waals surface area contributed by atoms with Crippen LogP contribution in [0.25, 0.3) is 5.57 Å². The summed E-state index contributed by atoms with van der Waals surface area (Å²) in [5, 5.41) is 10.2. The average Bonchev–Trinajstić information content (AvgIpc) is 2.86. The first kappa shape index (κ1) is 17.0. The van der Waals surface area contributed by atoms with Crippen molar-refractivity contribution in [3.63, 3.8) is 0 Å². The third kappa shape index (κ3) is 2.73. The Bertz CT molecular complexity index is 676. The summed E-state index contributed by atoms with van der Waals surface area (Å²) >= 11 is 0. The highest BCUT2D eigenvalue weighted by atomic mass is 16.5. The van der Waals surface area contributed by atoms with Crippen molar-refractivity contribution < 1.29 is 19.4 Å². The molecule has 2 aliphatic carbocycles. The zero-order valence-electron chi connectivity index (χ0n) is 14.7. The Hall–Kier alpha value is -1.81. The van der Waals surface area contributed by atoms with Crippen LogP contribution in [0, 0.1) is 5.41 Å². The van der Waals surface area contributed by atoms with E-state index in [9.17, 15) is 9.90 Å². The zero-order valence-corrected chi connectivity index (χ0v) is 14.7. The minimum absolute atomic E-state index is 0.176. The molecule has 1 aromatic rings. The lowest BCUT2D eigenvalue weighted by atomic mass is 9.79. The predicted octanol–water partition coefficient (Wildman–Crippen LogP) is 3.54. The fourth-order valence-electron chi connectivity index (χ4n) is 3.99. The summed E-state index contributed by atoms with van der Waals surface area (Å²) < 4.78 is 11.0. The number of ether oxygens (including phenoxy) is 2. The van der Waals surface area contributed by atoms with Gasteiger partial charge in [-0.05, 0) is 56.2 Å². The van der Waals surface area contributed by atoms with Gasteiger partial charge in [0.25, 0.3) is 0 Å². The average molecular weight is 330 g/mol. The number of rotatable bonds is 4. The van der Waals surface area contributed by atoms with E-state index in [4.69, 9.17) is 9.47 Å². The lowest BCUT2D eigenvalue weighted by molar-refractivity contribution is -0.127. The smallest absolute Gasteiger partial charge is 0.164 e. The van der Waals surface area contributed by atoms with E-state index in [0.717, 1.165) is 30.8 Å². The van der Waals surface area contributed by atoms with Crippen molar-refractivity contribution >= 4 is 11.4 Å². The van der Waals surface area contributed by atoms with Gasteiger partial charge in [-0.2, -0.15) is 0 Å². The Morgan fingerprint density at radius 1 is 1.25 bits per heavy atom. The molecule has 0 unspecified atom stereocenters. The number of carbonyl (C=O) groups is 1. The maximum absolute atomic E-state index is 12.2. The molecule has 2 atom stereocenters. The van der Waals surface area contributed by atoms with Gasteiger partial charge in [0.2, 0.25) is 0 Å². The van der Waals surface area contributed by atoms with Gasteiger partial charge in [-0.15, -0.1) is 0 Å². The first-order chi connectivity index (χ1) is 11.5. The second-order valence-corrected chi connectivity index (χ2v) is 7.01. The number of methoxy groups -OCH3 is 2. The largest absolute Gasteiger partial charge is 0.493 e.